The highest BCUT2D eigenvalue weighted by Crippen LogP contribution is 2.37. The van der Waals surface area contributed by atoms with Gasteiger partial charge in [0, 0.05) is 17.1 Å². The summed E-state index contributed by atoms with van der Waals surface area (Å²) >= 11 is 2.38. The average Bonchev–Trinajstić information content (AvgIpc) is 2.56. The SMILES string of the molecule is CC(C)c1c(C(C)I)oc2ncccc12. The topological polar surface area (TPSA) is 26.0 Å². The van der Waals surface area contributed by atoms with E-state index in [0.717, 1.165) is 16.9 Å². The third-order valence-electron chi connectivity index (χ3n) is 2.47. The van der Waals surface area contributed by atoms with E-state index in [1.165, 1.54) is 5.56 Å². The Labute approximate surface area is 103 Å². The second kappa shape index (κ2) is 4.12. The number of hydrogen-bond donors (Lipinski definition) is 0. The van der Waals surface area contributed by atoms with E-state index in [1.54, 1.807) is 6.20 Å². The fourth-order valence-electron chi connectivity index (χ4n) is 1.86. The van der Waals surface area contributed by atoms with Crippen LogP contribution in [0.4, 0.5) is 0 Å². The van der Waals surface area contributed by atoms with Gasteiger partial charge in [-0.2, -0.15) is 0 Å². The first-order chi connectivity index (χ1) is 7.11. The van der Waals surface area contributed by atoms with Crippen LogP contribution in [0.3, 0.4) is 0 Å². The van der Waals surface area contributed by atoms with Crippen molar-refractivity contribution in [1.82, 2.24) is 4.98 Å². The number of fused-ring (bicyclic) bond motifs is 1. The first-order valence-corrected chi connectivity index (χ1v) is 6.37. The van der Waals surface area contributed by atoms with E-state index >= 15 is 0 Å². The zero-order valence-electron chi connectivity index (χ0n) is 9.12. The van der Waals surface area contributed by atoms with Crippen molar-refractivity contribution in [3.05, 3.63) is 29.7 Å². The van der Waals surface area contributed by atoms with E-state index < -0.39 is 0 Å². The highest BCUT2D eigenvalue weighted by Gasteiger charge is 2.20. The molecular formula is C12H14INO. The maximum atomic E-state index is 5.80. The van der Waals surface area contributed by atoms with Crippen molar-refractivity contribution in [1.29, 1.82) is 0 Å². The predicted molar refractivity (Wildman–Crippen MR) is 70.5 cm³/mol. The Morgan fingerprint density at radius 1 is 1.33 bits per heavy atom. The van der Waals surface area contributed by atoms with Gasteiger partial charge in [0.05, 0.1) is 3.92 Å². The molecule has 0 saturated heterocycles. The molecule has 0 amide bonds. The van der Waals surface area contributed by atoms with E-state index in [4.69, 9.17) is 4.42 Å². The smallest absolute Gasteiger partial charge is 0.226 e. The summed E-state index contributed by atoms with van der Waals surface area (Å²) in [6.45, 7) is 6.53. The molecule has 3 heteroatoms. The highest BCUT2D eigenvalue weighted by molar-refractivity contribution is 14.1. The van der Waals surface area contributed by atoms with Crippen LogP contribution in [-0.4, -0.2) is 4.98 Å². The number of furan rings is 1. The Kier molecular flexibility index (Phi) is 3.00. The number of alkyl halides is 1. The number of aromatic nitrogens is 1. The minimum absolute atomic E-state index is 0.384. The zero-order chi connectivity index (χ0) is 11.0. The van der Waals surface area contributed by atoms with Crippen LogP contribution >= 0.6 is 22.6 Å². The van der Waals surface area contributed by atoms with E-state index in [1.807, 2.05) is 6.07 Å². The Balaban J connectivity index is 2.75. The van der Waals surface area contributed by atoms with E-state index in [0.29, 0.717) is 9.84 Å². The van der Waals surface area contributed by atoms with Crippen LogP contribution in [0.15, 0.2) is 22.7 Å². The molecule has 0 aromatic carbocycles. The van der Waals surface area contributed by atoms with E-state index in [2.05, 4.69) is 54.4 Å². The second-order valence-corrected chi connectivity index (χ2v) is 5.88. The summed E-state index contributed by atoms with van der Waals surface area (Å²) in [6, 6.07) is 4.05. The Hall–Kier alpha value is -0.580. The minimum Gasteiger partial charge on any atom is -0.441 e. The van der Waals surface area contributed by atoms with Crippen LogP contribution in [0, 0.1) is 0 Å². The molecule has 0 aliphatic rings. The summed E-state index contributed by atoms with van der Waals surface area (Å²) in [6.07, 6.45) is 1.78. The number of nitrogens with zero attached hydrogens (tertiary/aromatic N) is 1. The quantitative estimate of drug-likeness (QED) is 0.604. The van der Waals surface area contributed by atoms with E-state index in [9.17, 15) is 0 Å². The molecule has 0 aliphatic carbocycles. The summed E-state index contributed by atoms with van der Waals surface area (Å²) in [5.41, 5.74) is 2.07. The summed E-state index contributed by atoms with van der Waals surface area (Å²) in [7, 11) is 0. The lowest BCUT2D eigenvalue weighted by molar-refractivity contribution is 0.538. The minimum atomic E-state index is 0.384. The lowest BCUT2D eigenvalue weighted by Crippen LogP contribution is -1.92. The molecule has 1 atom stereocenters. The molecular weight excluding hydrogens is 301 g/mol. The van der Waals surface area contributed by atoms with Crippen molar-refractivity contribution in [3.8, 4) is 0 Å². The maximum Gasteiger partial charge on any atom is 0.226 e. The number of halogens is 1. The van der Waals surface area contributed by atoms with Crippen LogP contribution in [0.2, 0.25) is 0 Å². The zero-order valence-corrected chi connectivity index (χ0v) is 11.3. The largest absolute Gasteiger partial charge is 0.441 e. The number of pyridine rings is 1. The molecule has 0 aliphatic heterocycles. The van der Waals surface area contributed by atoms with Crippen molar-refractivity contribution < 1.29 is 4.42 Å². The molecule has 0 spiro atoms. The van der Waals surface area contributed by atoms with Gasteiger partial charge in [-0.1, -0.05) is 36.4 Å². The van der Waals surface area contributed by atoms with Crippen LogP contribution in [0.25, 0.3) is 11.1 Å². The van der Waals surface area contributed by atoms with Gasteiger partial charge in [-0.15, -0.1) is 0 Å². The number of hydrogen-bond acceptors (Lipinski definition) is 2. The molecule has 0 N–H and O–H groups in total. The summed E-state index contributed by atoms with van der Waals surface area (Å²) in [5, 5.41) is 1.16. The first kappa shape index (κ1) is 10.9. The van der Waals surface area contributed by atoms with Crippen molar-refractivity contribution >= 4 is 33.7 Å². The van der Waals surface area contributed by atoms with Crippen molar-refractivity contribution in [3.63, 3.8) is 0 Å². The van der Waals surface area contributed by atoms with Gasteiger partial charge >= 0.3 is 0 Å². The summed E-state index contributed by atoms with van der Waals surface area (Å²) in [5.74, 6) is 1.54. The van der Waals surface area contributed by atoms with Gasteiger partial charge in [-0.3, -0.25) is 0 Å². The molecule has 0 bridgehead atoms. The Morgan fingerprint density at radius 2 is 2.07 bits per heavy atom. The van der Waals surface area contributed by atoms with Crippen molar-refractivity contribution in [2.45, 2.75) is 30.6 Å². The molecule has 0 saturated carbocycles. The van der Waals surface area contributed by atoms with Crippen LogP contribution in [0.1, 0.15) is 41.9 Å². The van der Waals surface area contributed by atoms with Crippen LogP contribution < -0.4 is 0 Å². The normalized spacial score (nSPS) is 13.7. The molecule has 2 nitrogen and oxygen atoms in total. The summed E-state index contributed by atoms with van der Waals surface area (Å²) in [4.78, 5) is 4.26. The summed E-state index contributed by atoms with van der Waals surface area (Å²) < 4.78 is 6.19. The second-order valence-electron chi connectivity index (χ2n) is 4.01. The fraction of sp³-hybridized carbons (Fsp3) is 0.417. The third-order valence-corrected chi connectivity index (χ3v) is 3.04. The van der Waals surface area contributed by atoms with Gasteiger partial charge in [0.25, 0.3) is 0 Å². The standard InChI is InChI=1S/C12H14INO/c1-7(2)10-9-5-4-6-14-12(9)15-11(10)8(3)13/h4-8H,1-3H3. The molecule has 2 rings (SSSR count). The van der Waals surface area contributed by atoms with Gasteiger partial charge in [-0.25, -0.2) is 4.98 Å². The first-order valence-electron chi connectivity index (χ1n) is 5.12. The van der Waals surface area contributed by atoms with Gasteiger partial charge in [-0.05, 0) is 25.0 Å². The van der Waals surface area contributed by atoms with Gasteiger partial charge in [0.1, 0.15) is 5.76 Å². The van der Waals surface area contributed by atoms with Crippen molar-refractivity contribution in [2.75, 3.05) is 0 Å². The third kappa shape index (κ3) is 1.89. The molecule has 1 unspecified atom stereocenters. The van der Waals surface area contributed by atoms with Gasteiger partial charge in [0.15, 0.2) is 0 Å². The Morgan fingerprint density at radius 3 is 2.67 bits per heavy atom. The molecule has 0 fully saturated rings. The molecule has 2 aromatic heterocycles. The van der Waals surface area contributed by atoms with Gasteiger partial charge in [0.2, 0.25) is 5.71 Å². The van der Waals surface area contributed by atoms with Gasteiger partial charge < -0.3 is 4.42 Å². The molecule has 2 heterocycles. The lowest BCUT2D eigenvalue weighted by atomic mass is 9.99. The molecule has 0 radical (unpaired) electrons. The molecule has 80 valence electrons. The highest BCUT2D eigenvalue weighted by atomic mass is 127. The predicted octanol–water partition coefficient (Wildman–Crippen LogP) is 4.45. The van der Waals surface area contributed by atoms with Crippen LogP contribution in [0.5, 0.6) is 0 Å². The maximum absolute atomic E-state index is 5.80. The van der Waals surface area contributed by atoms with Crippen molar-refractivity contribution in [2.24, 2.45) is 0 Å². The monoisotopic (exact) mass is 315 g/mol. The van der Waals surface area contributed by atoms with E-state index in [-0.39, 0.29) is 0 Å². The molecule has 2 aromatic rings. The lowest BCUT2D eigenvalue weighted by Gasteiger charge is -2.07. The van der Waals surface area contributed by atoms with Crippen LogP contribution in [-0.2, 0) is 0 Å². The Bertz CT molecular complexity index is 473. The average molecular weight is 315 g/mol. The molecule has 15 heavy (non-hydrogen) atoms. The fourth-order valence-corrected chi connectivity index (χ4v) is 2.32. The number of rotatable bonds is 2.